The van der Waals surface area contributed by atoms with Gasteiger partial charge in [-0.05, 0) is 30.2 Å². The lowest BCUT2D eigenvalue weighted by Gasteiger charge is -2.28. The van der Waals surface area contributed by atoms with Gasteiger partial charge in [0.25, 0.3) is 5.91 Å². The number of benzene rings is 2. The van der Waals surface area contributed by atoms with E-state index >= 15 is 0 Å². The Morgan fingerprint density at radius 2 is 2.00 bits per heavy atom. The summed E-state index contributed by atoms with van der Waals surface area (Å²) in [6.07, 6.45) is 3.46. The second kappa shape index (κ2) is 9.71. The summed E-state index contributed by atoms with van der Waals surface area (Å²) < 4.78 is 6.35. The zero-order valence-corrected chi connectivity index (χ0v) is 18.5. The highest BCUT2D eigenvalue weighted by Crippen LogP contribution is 2.35. The highest BCUT2D eigenvalue weighted by molar-refractivity contribution is 7.23. The van der Waals surface area contributed by atoms with E-state index in [0.717, 1.165) is 54.2 Å². The lowest BCUT2D eigenvalue weighted by Crippen LogP contribution is -2.42. The van der Waals surface area contributed by atoms with Crippen LogP contribution in [0.1, 0.15) is 11.1 Å². The Morgan fingerprint density at radius 3 is 2.73 bits per heavy atom. The standard InChI is InChI=1S/C23H24ClN3O2S/c1-17-7-9-19(24)22-21(17)25-23(30-22)27(12-11-26-13-15-29-16-14-26)20(28)10-8-18-5-3-2-4-6-18/h2-10H,11-16H2,1H3/b10-8+. The van der Waals surface area contributed by atoms with Gasteiger partial charge in [0.05, 0.1) is 28.5 Å². The minimum atomic E-state index is -0.0834. The van der Waals surface area contributed by atoms with Crippen LogP contribution in [0.3, 0.4) is 0 Å². The lowest BCUT2D eigenvalue weighted by molar-refractivity contribution is -0.114. The summed E-state index contributed by atoms with van der Waals surface area (Å²) in [5, 5.41) is 1.34. The number of ether oxygens (including phenoxy) is 1. The van der Waals surface area contributed by atoms with Crippen molar-refractivity contribution in [1.29, 1.82) is 0 Å². The van der Waals surface area contributed by atoms with Crippen molar-refractivity contribution >= 4 is 50.3 Å². The molecule has 1 saturated heterocycles. The first-order valence-corrected chi connectivity index (χ1v) is 11.2. The summed E-state index contributed by atoms with van der Waals surface area (Å²) in [7, 11) is 0. The molecule has 1 amide bonds. The number of thiazole rings is 1. The number of hydrogen-bond donors (Lipinski definition) is 0. The summed E-state index contributed by atoms with van der Waals surface area (Å²) in [5.41, 5.74) is 2.90. The lowest BCUT2D eigenvalue weighted by atomic mass is 10.2. The Kier molecular flexibility index (Phi) is 6.79. The molecule has 0 N–H and O–H groups in total. The molecule has 4 rings (SSSR count). The maximum absolute atomic E-state index is 13.2. The van der Waals surface area contributed by atoms with Crippen LogP contribution < -0.4 is 4.90 Å². The number of aromatic nitrogens is 1. The molecule has 0 unspecified atom stereocenters. The first-order valence-electron chi connectivity index (χ1n) is 10.0. The summed E-state index contributed by atoms with van der Waals surface area (Å²) in [4.78, 5) is 22.0. The molecule has 0 spiro atoms. The highest BCUT2D eigenvalue weighted by atomic mass is 35.5. The maximum Gasteiger partial charge on any atom is 0.252 e. The van der Waals surface area contributed by atoms with Gasteiger partial charge in [-0.25, -0.2) is 4.98 Å². The molecule has 0 atom stereocenters. The van der Waals surface area contributed by atoms with Gasteiger partial charge in [0.15, 0.2) is 5.13 Å². The molecule has 0 saturated carbocycles. The van der Waals surface area contributed by atoms with Crippen LogP contribution in [0, 0.1) is 6.92 Å². The highest BCUT2D eigenvalue weighted by Gasteiger charge is 2.21. The smallest absolute Gasteiger partial charge is 0.252 e. The Morgan fingerprint density at radius 1 is 1.23 bits per heavy atom. The van der Waals surface area contributed by atoms with Gasteiger partial charge < -0.3 is 4.74 Å². The van der Waals surface area contributed by atoms with Crippen molar-refractivity contribution in [2.24, 2.45) is 0 Å². The Balaban J connectivity index is 1.61. The van der Waals surface area contributed by atoms with Gasteiger partial charge in [0.2, 0.25) is 0 Å². The van der Waals surface area contributed by atoms with Gasteiger partial charge >= 0.3 is 0 Å². The van der Waals surface area contributed by atoms with Gasteiger partial charge in [0, 0.05) is 32.3 Å². The van der Waals surface area contributed by atoms with Crippen molar-refractivity contribution in [2.45, 2.75) is 6.92 Å². The third-order valence-electron chi connectivity index (χ3n) is 5.14. The van der Waals surface area contributed by atoms with Crippen LogP contribution in [-0.4, -0.2) is 55.2 Å². The van der Waals surface area contributed by atoms with Gasteiger partial charge in [-0.15, -0.1) is 0 Å². The number of amides is 1. The van der Waals surface area contributed by atoms with Crippen LogP contribution in [0.2, 0.25) is 5.02 Å². The number of carbonyl (C=O) groups is 1. The van der Waals surface area contributed by atoms with Crippen LogP contribution in [-0.2, 0) is 9.53 Å². The molecule has 2 heterocycles. The van der Waals surface area contributed by atoms with E-state index in [-0.39, 0.29) is 5.91 Å². The van der Waals surface area contributed by atoms with Gasteiger partial charge in [0.1, 0.15) is 0 Å². The van der Waals surface area contributed by atoms with Crippen LogP contribution >= 0.6 is 22.9 Å². The van der Waals surface area contributed by atoms with Crippen molar-refractivity contribution in [3.05, 3.63) is 64.7 Å². The average molecular weight is 442 g/mol. The number of carbonyl (C=O) groups excluding carboxylic acids is 1. The molecule has 1 aliphatic heterocycles. The average Bonchev–Trinajstić information content (AvgIpc) is 3.23. The molecule has 30 heavy (non-hydrogen) atoms. The second-order valence-corrected chi connectivity index (χ2v) is 8.61. The predicted octanol–water partition coefficient (Wildman–Crippen LogP) is 4.64. The summed E-state index contributed by atoms with van der Waals surface area (Å²) >= 11 is 7.87. The van der Waals surface area contributed by atoms with Crippen molar-refractivity contribution in [3.8, 4) is 0 Å². The van der Waals surface area contributed by atoms with Gasteiger partial charge in [-0.3, -0.25) is 14.6 Å². The van der Waals surface area contributed by atoms with Crippen molar-refractivity contribution in [1.82, 2.24) is 9.88 Å². The third kappa shape index (κ3) is 4.90. The molecule has 2 aromatic carbocycles. The predicted molar refractivity (Wildman–Crippen MR) is 124 cm³/mol. The molecule has 7 heteroatoms. The van der Waals surface area contributed by atoms with Crippen molar-refractivity contribution in [2.75, 3.05) is 44.3 Å². The molecular formula is C23H24ClN3O2S. The zero-order valence-electron chi connectivity index (χ0n) is 16.9. The van der Waals surface area contributed by atoms with E-state index in [1.54, 1.807) is 11.0 Å². The topological polar surface area (TPSA) is 45.7 Å². The molecule has 3 aromatic rings. The SMILES string of the molecule is Cc1ccc(Cl)c2sc(N(CCN3CCOCC3)C(=O)/C=C/c3ccccc3)nc12. The van der Waals surface area contributed by atoms with Crippen LogP contribution in [0.15, 0.2) is 48.5 Å². The largest absolute Gasteiger partial charge is 0.379 e. The number of rotatable bonds is 6. The fourth-order valence-corrected chi connectivity index (χ4v) is 4.74. The fourth-order valence-electron chi connectivity index (χ4n) is 3.39. The third-order valence-corrected chi connectivity index (χ3v) is 6.68. The summed E-state index contributed by atoms with van der Waals surface area (Å²) in [6, 6.07) is 13.7. The number of aryl methyl sites for hydroxylation is 1. The van der Waals surface area contributed by atoms with Crippen molar-refractivity contribution < 1.29 is 9.53 Å². The van der Waals surface area contributed by atoms with Crippen molar-refractivity contribution in [3.63, 3.8) is 0 Å². The fraction of sp³-hybridized carbons (Fsp3) is 0.304. The molecular weight excluding hydrogens is 418 g/mol. The Bertz CT molecular complexity index is 1010. The maximum atomic E-state index is 13.2. The molecule has 1 fully saturated rings. The number of morpholine rings is 1. The minimum Gasteiger partial charge on any atom is -0.379 e. The van der Waals surface area contributed by atoms with E-state index in [4.69, 9.17) is 21.3 Å². The molecule has 0 bridgehead atoms. The molecule has 5 nitrogen and oxygen atoms in total. The van der Waals surface area contributed by atoms with Crippen LogP contribution in [0.25, 0.3) is 16.3 Å². The number of hydrogen-bond acceptors (Lipinski definition) is 5. The van der Waals surface area contributed by atoms with E-state index in [0.29, 0.717) is 16.7 Å². The number of halogens is 1. The van der Waals surface area contributed by atoms with E-state index in [1.807, 2.05) is 55.5 Å². The van der Waals surface area contributed by atoms with E-state index in [9.17, 15) is 4.79 Å². The van der Waals surface area contributed by atoms with E-state index < -0.39 is 0 Å². The molecule has 1 aliphatic rings. The second-order valence-electron chi connectivity index (χ2n) is 7.23. The normalized spacial score (nSPS) is 15.1. The number of nitrogens with zero attached hydrogens (tertiary/aromatic N) is 3. The zero-order chi connectivity index (χ0) is 20.9. The van der Waals surface area contributed by atoms with Crippen LogP contribution in [0.5, 0.6) is 0 Å². The van der Waals surface area contributed by atoms with Gasteiger partial charge in [-0.2, -0.15) is 0 Å². The molecule has 0 radical (unpaired) electrons. The molecule has 0 aliphatic carbocycles. The summed E-state index contributed by atoms with van der Waals surface area (Å²) in [6.45, 7) is 6.58. The first-order chi connectivity index (χ1) is 14.6. The number of fused-ring (bicyclic) bond motifs is 1. The summed E-state index contributed by atoms with van der Waals surface area (Å²) in [5.74, 6) is -0.0834. The Hall–Kier alpha value is -2.25. The minimum absolute atomic E-state index is 0.0834. The molecule has 1 aromatic heterocycles. The van der Waals surface area contributed by atoms with Gasteiger partial charge in [-0.1, -0.05) is 59.3 Å². The van der Waals surface area contributed by atoms with E-state index in [2.05, 4.69) is 4.90 Å². The van der Waals surface area contributed by atoms with Crippen LogP contribution in [0.4, 0.5) is 5.13 Å². The first kappa shape index (κ1) is 21.0. The monoisotopic (exact) mass is 441 g/mol. The quantitative estimate of drug-likeness (QED) is 0.523. The molecule has 156 valence electrons. The Labute approximate surface area is 185 Å². The van der Waals surface area contributed by atoms with E-state index in [1.165, 1.54) is 11.3 Å². The number of anilines is 1.